The average Bonchev–Trinajstić information content (AvgIpc) is 2.41. The Bertz CT molecular complexity index is 620. The molecule has 112 valence electrons. The Morgan fingerprint density at radius 2 is 1.14 bits per heavy atom. The van der Waals surface area contributed by atoms with Gasteiger partial charge in [-0.15, -0.1) is 0 Å². The fourth-order valence-electron chi connectivity index (χ4n) is 2.76. The maximum absolute atomic E-state index is 10.4. The van der Waals surface area contributed by atoms with Crippen LogP contribution >= 0.6 is 7.92 Å². The van der Waals surface area contributed by atoms with E-state index in [2.05, 4.69) is 19.1 Å². The van der Waals surface area contributed by atoms with Crippen LogP contribution in [0.3, 0.4) is 0 Å². The number of hydrogen-bond donors (Lipinski definition) is 2. The van der Waals surface area contributed by atoms with E-state index in [0.29, 0.717) is 11.5 Å². The second-order valence-electron chi connectivity index (χ2n) is 5.64. The largest absolute Gasteiger partial charge is 0.507 e. The molecule has 0 heterocycles. The molecule has 0 amide bonds. The number of benzene rings is 2. The molecule has 21 heavy (non-hydrogen) atoms. The van der Waals surface area contributed by atoms with Gasteiger partial charge in [-0.2, -0.15) is 0 Å². The summed E-state index contributed by atoms with van der Waals surface area (Å²) >= 11 is 0. The van der Waals surface area contributed by atoms with Crippen molar-refractivity contribution < 1.29 is 10.2 Å². The molecule has 3 heteroatoms. The van der Waals surface area contributed by atoms with Crippen molar-refractivity contribution in [3.8, 4) is 11.5 Å². The Kier molecular flexibility index (Phi) is 4.58. The molecule has 2 aromatic carbocycles. The van der Waals surface area contributed by atoms with Crippen molar-refractivity contribution in [2.24, 2.45) is 0 Å². The van der Waals surface area contributed by atoms with E-state index in [1.165, 1.54) is 0 Å². The number of phenols is 2. The van der Waals surface area contributed by atoms with Crippen molar-refractivity contribution in [2.45, 2.75) is 34.6 Å². The molecular weight excluding hydrogens is 279 g/mol. The van der Waals surface area contributed by atoms with E-state index in [0.717, 1.165) is 39.0 Å². The van der Waals surface area contributed by atoms with Gasteiger partial charge >= 0.3 is 0 Å². The quantitative estimate of drug-likeness (QED) is 0.847. The van der Waals surface area contributed by atoms with E-state index in [1.807, 2.05) is 39.8 Å². The summed E-state index contributed by atoms with van der Waals surface area (Å²) in [5.41, 5.74) is 4.08. The summed E-state index contributed by atoms with van der Waals surface area (Å²) in [6, 6.07) is 8.08. The molecular formula is C18H23O2P. The van der Waals surface area contributed by atoms with E-state index < -0.39 is 7.92 Å². The lowest BCUT2D eigenvalue weighted by molar-refractivity contribution is 0.474. The SMILES string of the molecule is CCP(c1cc(C)cc(C)c1O)c1cc(C)cc(C)c1O. The van der Waals surface area contributed by atoms with Gasteiger partial charge in [0.15, 0.2) is 0 Å². The number of phenolic OH excluding ortho intramolecular Hbond substituents is 2. The Balaban J connectivity index is 2.66. The van der Waals surface area contributed by atoms with Crippen molar-refractivity contribution in [1.82, 2.24) is 0 Å². The van der Waals surface area contributed by atoms with Crippen LogP contribution < -0.4 is 10.6 Å². The maximum Gasteiger partial charge on any atom is 0.126 e. The second kappa shape index (κ2) is 6.07. The number of hydrogen-bond acceptors (Lipinski definition) is 2. The molecule has 0 aliphatic rings. The highest BCUT2D eigenvalue weighted by atomic mass is 31.1. The zero-order valence-corrected chi connectivity index (χ0v) is 14.3. The fraction of sp³-hybridized carbons (Fsp3) is 0.333. The Labute approximate surface area is 128 Å². The fourth-order valence-corrected chi connectivity index (χ4v) is 5.28. The molecule has 0 saturated carbocycles. The molecule has 0 atom stereocenters. The van der Waals surface area contributed by atoms with E-state index in [-0.39, 0.29) is 0 Å². The first kappa shape index (κ1) is 15.9. The van der Waals surface area contributed by atoms with E-state index >= 15 is 0 Å². The molecule has 0 aliphatic carbocycles. The molecule has 2 aromatic rings. The van der Waals surface area contributed by atoms with Crippen LogP contribution in [0.2, 0.25) is 0 Å². The third-order valence-electron chi connectivity index (χ3n) is 3.75. The maximum atomic E-state index is 10.4. The standard InChI is InChI=1S/C18H23O2P/c1-6-21(15-9-11(2)7-13(4)17(15)19)16-10-12(3)8-14(5)18(16)20/h7-10,19-20H,6H2,1-5H3. The molecule has 0 aliphatic heterocycles. The first-order valence-corrected chi connectivity index (χ1v) is 8.75. The van der Waals surface area contributed by atoms with Crippen LogP contribution in [0.15, 0.2) is 24.3 Å². The van der Waals surface area contributed by atoms with Gasteiger partial charge in [0.2, 0.25) is 0 Å². The van der Waals surface area contributed by atoms with Gasteiger partial charge in [0.25, 0.3) is 0 Å². The minimum Gasteiger partial charge on any atom is -0.507 e. The van der Waals surface area contributed by atoms with Crippen molar-refractivity contribution >= 4 is 18.5 Å². The van der Waals surface area contributed by atoms with Gasteiger partial charge in [-0.1, -0.05) is 19.1 Å². The third kappa shape index (κ3) is 3.06. The van der Waals surface area contributed by atoms with Crippen LogP contribution in [0, 0.1) is 27.7 Å². The van der Waals surface area contributed by atoms with Crippen molar-refractivity contribution in [3.63, 3.8) is 0 Å². The van der Waals surface area contributed by atoms with Gasteiger partial charge in [-0.05, 0) is 76.2 Å². The predicted octanol–water partition coefficient (Wildman–Crippen LogP) is 3.78. The Morgan fingerprint density at radius 1 is 0.762 bits per heavy atom. The molecule has 0 spiro atoms. The first-order valence-electron chi connectivity index (χ1n) is 7.23. The Morgan fingerprint density at radius 3 is 1.48 bits per heavy atom. The van der Waals surface area contributed by atoms with Gasteiger partial charge in [0, 0.05) is 10.6 Å². The summed E-state index contributed by atoms with van der Waals surface area (Å²) in [7, 11) is -0.755. The highest BCUT2D eigenvalue weighted by molar-refractivity contribution is 7.73. The van der Waals surface area contributed by atoms with Gasteiger partial charge < -0.3 is 10.2 Å². The van der Waals surface area contributed by atoms with E-state index in [4.69, 9.17) is 0 Å². The van der Waals surface area contributed by atoms with Crippen LogP contribution in [0.1, 0.15) is 29.2 Å². The molecule has 2 rings (SSSR count). The molecule has 0 saturated heterocycles. The third-order valence-corrected chi connectivity index (χ3v) is 6.22. The first-order chi connectivity index (χ1) is 9.85. The smallest absolute Gasteiger partial charge is 0.126 e. The second-order valence-corrected chi connectivity index (χ2v) is 8.10. The van der Waals surface area contributed by atoms with Gasteiger partial charge in [0.05, 0.1) is 0 Å². The van der Waals surface area contributed by atoms with Gasteiger partial charge in [-0.3, -0.25) is 0 Å². The number of aryl methyl sites for hydroxylation is 4. The predicted molar refractivity (Wildman–Crippen MR) is 91.9 cm³/mol. The summed E-state index contributed by atoms with van der Waals surface area (Å²) < 4.78 is 0. The molecule has 2 N–H and O–H groups in total. The van der Waals surface area contributed by atoms with Gasteiger partial charge in [0.1, 0.15) is 11.5 Å². The van der Waals surface area contributed by atoms with Crippen molar-refractivity contribution in [3.05, 3.63) is 46.5 Å². The lowest BCUT2D eigenvalue weighted by Gasteiger charge is -2.22. The highest BCUT2D eigenvalue weighted by Crippen LogP contribution is 2.41. The Hall–Kier alpha value is -1.53. The average molecular weight is 302 g/mol. The summed E-state index contributed by atoms with van der Waals surface area (Å²) in [4.78, 5) is 0. The lowest BCUT2D eigenvalue weighted by atomic mass is 10.1. The summed E-state index contributed by atoms with van der Waals surface area (Å²) in [5, 5.41) is 22.8. The zero-order valence-electron chi connectivity index (χ0n) is 13.4. The monoisotopic (exact) mass is 302 g/mol. The number of aromatic hydroxyl groups is 2. The molecule has 0 aromatic heterocycles. The zero-order chi connectivity index (χ0) is 15.7. The molecule has 2 nitrogen and oxygen atoms in total. The molecule has 0 unspecified atom stereocenters. The van der Waals surface area contributed by atoms with Crippen LogP contribution in [-0.4, -0.2) is 16.4 Å². The summed E-state index contributed by atoms with van der Waals surface area (Å²) in [6.45, 7) is 10.0. The molecule has 0 fully saturated rings. The summed E-state index contributed by atoms with van der Waals surface area (Å²) in [5.74, 6) is 0.735. The topological polar surface area (TPSA) is 40.5 Å². The van der Waals surface area contributed by atoms with Crippen LogP contribution in [0.25, 0.3) is 0 Å². The van der Waals surface area contributed by atoms with Crippen LogP contribution in [0.4, 0.5) is 0 Å². The highest BCUT2D eigenvalue weighted by Gasteiger charge is 2.21. The van der Waals surface area contributed by atoms with E-state index in [9.17, 15) is 10.2 Å². The normalized spacial score (nSPS) is 11.1. The lowest BCUT2D eigenvalue weighted by Crippen LogP contribution is -2.16. The minimum atomic E-state index is -0.755. The number of rotatable bonds is 3. The van der Waals surface area contributed by atoms with Crippen molar-refractivity contribution in [1.29, 1.82) is 0 Å². The van der Waals surface area contributed by atoms with Crippen molar-refractivity contribution in [2.75, 3.05) is 6.16 Å². The molecule has 0 radical (unpaired) electrons. The minimum absolute atomic E-state index is 0.368. The van der Waals surface area contributed by atoms with E-state index in [1.54, 1.807) is 0 Å². The van der Waals surface area contributed by atoms with Crippen LogP contribution in [-0.2, 0) is 0 Å². The molecule has 0 bridgehead atoms. The van der Waals surface area contributed by atoms with Crippen LogP contribution in [0.5, 0.6) is 11.5 Å². The van der Waals surface area contributed by atoms with Gasteiger partial charge in [-0.25, -0.2) is 0 Å². The summed E-state index contributed by atoms with van der Waals surface area (Å²) in [6.07, 6.45) is 0.891.